The van der Waals surface area contributed by atoms with Gasteiger partial charge in [0.1, 0.15) is 5.76 Å². The molecule has 5 nitrogen and oxygen atoms in total. The van der Waals surface area contributed by atoms with Crippen LogP contribution >= 0.6 is 0 Å². The summed E-state index contributed by atoms with van der Waals surface area (Å²) >= 11 is 0. The Labute approximate surface area is 162 Å². The van der Waals surface area contributed by atoms with E-state index < -0.39 is 0 Å². The molecule has 1 aliphatic rings. The zero-order valence-electron chi connectivity index (χ0n) is 16.2. The summed E-state index contributed by atoms with van der Waals surface area (Å²) in [6.45, 7) is 5.38. The van der Waals surface area contributed by atoms with Crippen molar-refractivity contribution in [2.24, 2.45) is 10.9 Å². The third-order valence-corrected chi connectivity index (χ3v) is 4.66. The molecule has 0 bridgehead atoms. The van der Waals surface area contributed by atoms with Crippen molar-refractivity contribution in [1.82, 2.24) is 10.6 Å². The van der Waals surface area contributed by atoms with Gasteiger partial charge in [-0.2, -0.15) is 0 Å². The molecule has 0 amide bonds. The van der Waals surface area contributed by atoms with Crippen LogP contribution in [0, 0.1) is 5.92 Å². The number of guanidine groups is 1. The standard InChI is InChI=1S/C22H31N3O2/c1-18(20-7-3-2-4-8-20)25-22(24-14-12-21-9-5-16-27-21)23-13-6-15-26-17-19-10-11-19/h2-5,7-9,16,18-19H,6,10-15,17H2,1H3,(H2,23,24,25). The molecule has 1 aromatic heterocycles. The van der Waals surface area contributed by atoms with Crippen molar-refractivity contribution in [3.63, 3.8) is 0 Å². The van der Waals surface area contributed by atoms with Crippen LogP contribution in [0.2, 0.25) is 0 Å². The van der Waals surface area contributed by atoms with Crippen LogP contribution in [0.5, 0.6) is 0 Å². The van der Waals surface area contributed by atoms with Crippen LogP contribution in [0.1, 0.15) is 43.6 Å². The zero-order valence-corrected chi connectivity index (χ0v) is 16.2. The number of hydrogen-bond acceptors (Lipinski definition) is 3. The van der Waals surface area contributed by atoms with Gasteiger partial charge in [-0.05, 0) is 49.8 Å². The van der Waals surface area contributed by atoms with Gasteiger partial charge in [-0.3, -0.25) is 4.99 Å². The van der Waals surface area contributed by atoms with Crippen molar-refractivity contribution in [1.29, 1.82) is 0 Å². The van der Waals surface area contributed by atoms with Crippen molar-refractivity contribution in [3.8, 4) is 0 Å². The molecule has 1 saturated carbocycles. The van der Waals surface area contributed by atoms with Crippen LogP contribution in [0.25, 0.3) is 0 Å². The molecule has 3 rings (SSSR count). The zero-order chi connectivity index (χ0) is 18.7. The maximum Gasteiger partial charge on any atom is 0.191 e. The highest BCUT2D eigenvalue weighted by Crippen LogP contribution is 2.28. The summed E-state index contributed by atoms with van der Waals surface area (Å²) < 4.78 is 11.1. The Balaban J connectivity index is 1.45. The van der Waals surface area contributed by atoms with E-state index in [9.17, 15) is 0 Å². The third-order valence-electron chi connectivity index (χ3n) is 4.66. The van der Waals surface area contributed by atoms with Crippen molar-refractivity contribution in [2.45, 2.75) is 38.6 Å². The van der Waals surface area contributed by atoms with E-state index in [1.807, 2.05) is 18.2 Å². The van der Waals surface area contributed by atoms with Crippen LogP contribution in [-0.4, -0.2) is 32.3 Å². The molecule has 0 saturated heterocycles. The first-order valence-electron chi connectivity index (χ1n) is 10.0. The fraction of sp³-hybridized carbons (Fsp3) is 0.500. The Bertz CT molecular complexity index is 666. The molecular formula is C22H31N3O2. The number of nitrogens with one attached hydrogen (secondary N) is 2. The average molecular weight is 370 g/mol. The highest BCUT2D eigenvalue weighted by Gasteiger charge is 2.20. The number of benzene rings is 1. The van der Waals surface area contributed by atoms with E-state index in [0.717, 1.165) is 56.8 Å². The molecule has 27 heavy (non-hydrogen) atoms. The smallest absolute Gasteiger partial charge is 0.191 e. The van der Waals surface area contributed by atoms with Crippen LogP contribution < -0.4 is 10.6 Å². The minimum Gasteiger partial charge on any atom is -0.469 e. The van der Waals surface area contributed by atoms with Gasteiger partial charge >= 0.3 is 0 Å². The highest BCUT2D eigenvalue weighted by atomic mass is 16.5. The quantitative estimate of drug-likeness (QED) is 0.358. The first kappa shape index (κ1) is 19.5. The molecule has 1 atom stereocenters. The van der Waals surface area contributed by atoms with Crippen LogP contribution in [0.3, 0.4) is 0 Å². The van der Waals surface area contributed by atoms with E-state index in [4.69, 9.17) is 14.1 Å². The lowest BCUT2D eigenvalue weighted by Gasteiger charge is -2.18. The summed E-state index contributed by atoms with van der Waals surface area (Å²) in [7, 11) is 0. The van der Waals surface area contributed by atoms with Gasteiger partial charge in [0.25, 0.3) is 0 Å². The summed E-state index contributed by atoms with van der Waals surface area (Å²) in [6, 6.07) is 14.5. The molecule has 5 heteroatoms. The molecule has 2 aromatic rings. The first-order chi connectivity index (χ1) is 13.3. The van der Waals surface area contributed by atoms with Crippen LogP contribution in [0.15, 0.2) is 58.1 Å². The Hall–Kier alpha value is -2.27. The monoisotopic (exact) mass is 369 g/mol. The second kappa shape index (κ2) is 10.8. The largest absolute Gasteiger partial charge is 0.469 e. The van der Waals surface area contributed by atoms with Crippen LogP contribution in [-0.2, 0) is 11.2 Å². The second-order valence-corrected chi connectivity index (χ2v) is 7.14. The normalized spacial score (nSPS) is 15.5. The molecule has 1 heterocycles. The Morgan fingerprint density at radius 2 is 2.07 bits per heavy atom. The van der Waals surface area contributed by atoms with Gasteiger partial charge < -0.3 is 19.8 Å². The molecule has 0 radical (unpaired) electrons. The maximum absolute atomic E-state index is 5.70. The van der Waals surface area contributed by atoms with Crippen molar-refractivity contribution < 1.29 is 9.15 Å². The minimum atomic E-state index is 0.187. The topological polar surface area (TPSA) is 58.8 Å². The van der Waals surface area contributed by atoms with E-state index in [-0.39, 0.29) is 6.04 Å². The maximum atomic E-state index is 5.70. The Morgan fingerprint density at radius 1 is 1.22 bits per heavy atom. The van der Waals surface area contributed by atoms with E-state index in [2.05, 4.69) is 41.8 Å². The van der Waals surface area contributed by atoms with Crippen molar-refractivity contribution >= 4 is 5.96 Å². The lowest BCUT2D eigenvalue weighted by molar-refractivity contribution is 0.123. The van der Waals surface area contributed by atoms with Crippen molar-refractivity contribution in [2.75, 3.05) is 26.3 Å². The number of ether oxygens (including phenoxy) is 1. The number of nitrogens with zero attached hydrogens (tertiary/aromatic N) is 1. The number of hydrogen-bond donors (Lipinski definition) is 2. The number of aliphatic imine (C=N–C) groups is 1. The third kappa shape index (κ3) is 7.47. The summed E-state index contributed by atoms with van der Waals surface area (Å²) in [4.78, 5) is 4.72. The fourth-order valence-corrected chi connectivity index (χ4v) is 2.83. The molecule has 1 aromatic carbocycles. The van der Waals surface area contributed by atoms with Crippen LogP contribution in [0.4, 0.5) is 0 Å². The molecule has 2 N–H and O–H groups in total. The summed E-state index contributed by atoms with van der Waals surface area (Å²) in [6.07, 6.45) is 6.16. The molecule has 0 spiro atoms. The fourth-order valence-electron chi connectivity index (χ4n) is 2.83. The van der Waals surface area contributed by atoms with E-state index in [1.54, 1.807) is 6.26 Å². The first-order valence-corrected chi connectivity index (χ1v) is 10.0. The van der Waals surface area contributed by atoms with Gasteiger partial charge in [0.15, 0.2) is 5.96 Å². The van der Waals surface area contributed by atoms with Gasteiger partial charge in [-0.15, -0.1) is 0 Å². The molecule has 1 unspecified atom stereocenters. The Kier molecular flexibility index (Phi) is 7.78. The summed E-state index contributed by atoms with van der Waals surface area (Å²) in [5, 5.41) is 6.92. The van der Waals surface area contributed by atoms with E-state index in [1.165, 1.54) is 18.4 Å². The van der Waals surface area contributed by atoms with Gasteiger partial charge in [0.05, 0.1) is 12.3 Å². The molecule has 1 fully saturated rings. The van der Waals surface area contributed by atoms with Gasteiger partial charge in [-0.25, -0.2) is 0 Å². The summed E-state index contributed by atoms with van der Waals surface area (Å²) in [5.41, 5.74) is 1.24. The predicted octanol–water partition coefficient (Wildman–Crippen LogP) is 3.94. The van der Waals surface area contributed by atoms with Crippen molar-refractivity contribution in [3.05, 3.63) is 60.1 Å². The van der Waals surface area contributed by atoms with Gasteiger partial charge in [-0.1, -0.05) is 30.3 Å². The SMILES string of the molecule is CC(NC(=NCCCOCC1CC1)NCCc1ccco1)c1ccccc1. The second-order valence-electron chi connectivity index (χ2n) is 7.14. The predicted molar refractivity (Wildman–Crippen MR) is 109 cm³/mol. The Morgan fingerprint density at radius 3 is 2.81 bits per heavy atom. The van der Waals surface area contributed by atoms with Gasteiger partial charge in [0.2, 0.25) is 0 Å². The average Bonchev–Trinajstić information content (AvgIpc) is 3.38. The number of rotatable bonds is 11. The van der Waals surface area contributed by atoms with Gasteiger partial charge in [0, 0.05) is 32.7 Å². The number of furan rings is 1. The molecule has 146 valence electrons. The molecule has 0 aliphatic heterocycles. The lowest BCUT2D eigenvalue weighted by atomic mass is 10.1. The lowest BCUT2D eigenvalue weighted by Crippen LogP contribution is -2.40. The van der Waals surface area contributed by atoms with E-state index >= 15 is 0 Å². The highest BCUT2D eigenvalue weighted by molar-refractivity contribution is 5.80. The molecule has 1 aliphatic carbocycles. The van der Waals surface area contributed by atoms with E-state index in [0.29, 0.717) is 0 Å². The summed E-state index contributed by atoms with van der Waals surface area (Å²) in [5.74, 6) is 2.63. The molecular weight excluding hydrogens is 338 g/mol. The minimum absolute atomic E-state index is 0.187.